The predicted octanol–water partition coefficient (Wildman–Crippen LogP) is -4.16. The summed E-state index contributed by atoms with van der Waals surface area (Å²) in [4.78, 5) is 62.6. The molecule has 0 radical (unpaired) electrons. The van der Waals surface area contributed by atoms with Crippen molar-refractivity contribution in [3.63, 3.8) is 0 Å². The molecular formula is C17H30N8O6. The van der Waals surface area contributed by atoms with Gasteiger partial charge < -0.3 is 43.6 Å². The van der Waals surface area contributed by atoms with Crippen molar-refractivity contribution in [2.24, 2.45) is 22.2 Å². The van der Waals surface area contributed by atoms with E-state index in [0.29, 0.717) is 19.4 Å². The zero-order chi connectivity index (χ0) is 23.4. The van der Waals surface area contributed by atoms with Crippen molar-refractivity contribution in [3.05, 3.63) is 0 Å². The molecular weight excluding hydrogens is 412 g/mol. The summed E-state index contributed by atoms with van der Waals surface area (Å²) in [6.07, 6.45) is 1.50. The number of guanidine groups is 1. The van der Waals surface area contributed by atoms with Gasteiger partial charge in [-0.25, -0.2) is 4.79 Å². The number of aliphatic carboxylic acids is 1. The van der Waals surface area contributed by atoms with Crippen LogP contribution in [0.2, 0.25) is 0 Å². The molecule has 4 amide bonds. The number of carboxylic acid groups (broad SMARTS) is 1. The van der Waals surface area contributed by atoms with Crippen LogP contribution in [0.1, 0.15) is 32.1 Å². The Balaban J connectivity index is 2.64. The van der Waals surface area contributed by atoms with E-state index in [0.717, 1.165) is 6.42 Å². The van der Waals surface area contributed by atoms with Gasteiger partial charge in [-0.1, -0.05) is 0 Å². The minimum Gasteiger partial charge on any atom is -0.480 e. The Kier molecular flexibility index (Phi) is 10.7. The fraction of sp³-hybridized carbons (Fsp3) is 0.647. The van der Waals surface area contributed by atoms with Crippen molar-refractivity contribution >= 4 is 35.6 Å². The lowest BCUT2D eigenvalue weighted by Gasteiger charge is -2.20. The normalized spacial score (nSPS) is 17.1. The van der Waals surface area contributed by atoms with Crippen molar-refractivity contribution in [3.8, 4) is 0 Å². The van der Waals surface area contributed by atoms with E-state index in [1.807, 2.05) is 0 Å². The molecule has 1 heterocycles. The van der Waals surface area contributed by atoms with E-state index in [4.69, 9.17) is 22.3 Å². The summed E-state index contributed by atoms with van der Waals surface area (Å²) < 4.78 is 0. The zero-order valence-electron chi connectivity index (χ0n) is 17.1. The summed E-state index contributed by atoms with van der Waals surface area (Å²) in [6, 6.07) is -2.86. The van der Waals surface area contributed by atoms with Crippen LogP contribution in [-0.4, -0.2) is 78.4 Å². The second kappa shape index (κ2) is 13.0. The first-order valence-corrected chi connectivity index (χ1v) is 9.77. The summed E-state index contributed by atoms with van der Waals surface area (Å²) in [6.45, 7) is 0.399. The van der Waals surface area contributed by atoms with Gasteiger partial charge in [0.05, 0.1) is 19.0 Å². The van der Waals surface area contributed by atoms with Crippen LogP contribution in [0.25, 0.3) is 0 Å². The van der Waals surface area contributed by atoms with Crippen molar-refractivity contribution in [1.29, 1.82) is 0 Å². The number of carbonyl (C=O) groups excluding carboxylic acids is 4. The van der Waals surface area contributed by atoms with Crippen LogP contribution in [0.5, 0.6) is 0 Å². The van der Waals surface area contributed by atoms with E-state index in [-0.39, 0.29) is 24.8 Å². The molecule has 1 aliphatic rings. The Morgan fingerprint density at radius 3 is 2.35 bits per heavy atom. The van der Waals surface area contributed by atoms with Crippen molar-refractivity contribution < 1.29 is 29.1 Å². The second-order valence-electron chi connectivity index (χ2n) is 7.01. The molecule has 0 aliphatic carbocycles. The van der Waals surface area contributed by atoms with Crippen LogP contribution in [0.15, 0.2) is 4.99 Å². The van der Waals surface area contributed by atoms with Gasteiger partial charge in [-0.2, -0.15) is 0 Å². The van der Waals surface area contributed by atoms with Gasteiger partial charge in [-0.15, -0.1) is 0 Å². The number of aliphatic imine (C=N–C) groups is 1. The first-order chi connectivity index (χ1) is 14.6. The molecule has 1 saturated heterocycles. The van der Waals surface area contributed by atoms with Crippen LogP contribution in [0.3, 0.4) is 0 Å². The number of nitrogens with two attached hydrogens (primary N) is 3. The Labute approximate surface area is 178 Å². The van der Waals surface area contributed by atoms with Crippen molar-refractivity contribution in [2.45, 2.75) is 50.2 Å². The number of carbonyl (C=O) groups is 5. The van der Waals surface area contributed by atoms with E-state index >= 15 is 0 Å². The molecule has 0 spiro atoms. The smallest absolute Gasteiger partial charge is 0.326 e. The second-order valence-corrected chi connectivity index (χ2v) is 7.01. The number of amides is 4. The third kappa shape index (κ3) is 10.3. The third-order valence-corrected chi connectivity index (χ3v) is 4.42. The van der Waals surface area contributed by atoms with Gasteiger partial charge in [0.1, 0.15) is 12.1 Å². The summed E-state index contributed by atoms with van der Waals surface area (Å²) in [5.41, 5.74) is 15.5. The first-order valence-electron chi connectivity index (χ1n) is 9.77. The third-order valence-electron chi connectivity index (χ3n) is 4.42. The van der Waals surface area contributed by atoms with Crippen LogP contribution < -0.4 is 38.5 Å². The largest absolute Gasteiger partial charge is 0.480 e. The molecule has 1 rings (SSSR count). The molecule has 0 aromatic rings. The molecule has 3 unspecified atom stereocenters. The molecule has 1 fully saturated rings. The molecule has 3 atom stereocenters. The van der Waals surface area contributed by atoms with Gasteiger partial charge in [-0.3, -0.25) is 24.2 Å². The Morgan fingerprint density at radius 2 is 1.81 bits per heavy atom. The summed E-state index contributed by atoms with van der Waals surface area (Å²) in [5.74, 6) is -4.23. The fourth-order valence-electron chi connectivity index (χ4n) is 2.89. The zero-order valence-corrected chi connectivity index (χ0v) is 17.1. The monoisotopic (exact) mass is 442 g/mol. The number of hydrogen-bond donors (Lipinski definition) is 8. The maximum absolute atomic E-state index is 12.5. The molecule has 14 nitrogen and oxygen atoms in total. The molecule has 0 bridgehead atoms. The number of primary amides is 1. The van der Waals surface area contributed by atoms with Crippen molar-refractivity contribution in [2.75, 3.05) is 19.6 Å². The van der Waals surface area contributed by atoms with E-state index in [2.05, 4.69) is 26.3 Å². The standard InChI is InChI=1S/C17H30N8O6/c18-12(26)7-11(16(30)31)24-13(27)8-23-14(28)10(4-2-6-22-17(19)20)25-15(29)9-3-1-5-21-9/h9-11,21H,1-8H2,(H2,18,26)(H,23,28)(H,24,27)(H,25,29)(H,30,31)(H4,19,20,22). The van der Waals surface area contributed by atoms with Gasteiger partial charge in [-0.05, 0) is 32.2 Å². The number of nitrogens with one attached hydrogen (secondary N) is 4. The maximum Gasteiger partial charge on any atom is 0.326 e. The minimum absolute atomic E-state index is 0.0965. The average Bonchev–Trinajstić information content (AvgIpc) is 3.22. The Morgan fingerprint density at radius 1 is 1.10 bits per heavy atom. The number of rotatable bonds is 13. The van der Waals surface area contributed by atoms with Gasteiger partial charge in [0.25, 0.3) is 0 Å². The van der Waals surface area contributed by atoms with E-state index in [1.54, 1.807) is 0 Å². The van der Waals surface area contributed by atoms with Crippen LogP contribution in [0.4, 0.5) is 0 Å². The summed E-state index contributed by atoms with van der Waals surface area (Å²) in [5, 5.41) is 19.1. The molecule has 1 aliphatic heterocycles. The molecule has 31 heavy (non-hydrogen) atoms. The summed E-state index contributed by atoms with van der Waals surface area (Å²) >= 11 is 0. The lowest BCUT2D eigenvalue weighted by Crippen LogP contribution is -2.53. The van der Waals surface area contributed by atoms with Gasteiger partial charge in [0.2, 0.25) is 23.6 Å². The van der Waals surface area contributed by atoms with E-state index in [1.165, 1.54) is 0 Å². The Hall–Kier alpha value is -3.42. The summed E-state index contributed by atoms with van der Waals surface area (Å²) in [7, 11) is 0. The van der Waals surface area contributed by atoms with E-state index < -0.39 is 54.8 Å². The number of carboxylic acids is 1. The van der Waals surface area contributed by atoms with Gasteiger partial charge >= 0.3 is 5.97 Å². The molecule has 0 saturated carbocycles. The molecule has 11 N–H and O–H groups in total. The number of nitrogens with zero attached hydrogens (tertiary/aromatic N) is 1. The highest BCUT2D eigenvalue weighted by Crippen LogP contribution is 2.06. The minimum atomic E-state index is -1.51. The Bertz CT molecular complexity index is 703. The van der Waals surface area contributed by atoms with E-state index in [9.17, 15) is 24.0 Å². The predicted molar refractivity (Wildman–Crippen MR) is 109 cm³/mol. The van der Waals surface area contributed by atoms with Crippen LogP contribution in [0, 0.1) is 0 Å². The lowest BCUT2D eigenvalue weighted by atomic mass is 10.1. The molecule has 14 heteroatoms. The quantitative estimate of drug-likeness (QED) is 0.0782. The SMILES string of the molecule is NC(=O)CC(NC(=O)CNC(=O)C(CCCN=C(N)N)NC(=O)C1CCCN1)C(=O)O. The molecule has 0 aromatic heterocycles. The molecule has 174 valence electrons. The van der Waals surface area contributed by atoms with Crippen LogP contribution in [-0.2, 0) is 24.0 Å². The first kappa shape index (κ1) is 25.6. The van der Waals surface area contributed by atoms with Gasteiger partial charge in [0.15, 0.2) is 5.96 Å². The van der Waals surface area contributed by atoms with Gasteiger partial charge in [0, 0.05) is 6.54 Å². The molecule has 0 aromatic carbocycles. The number of hydrogen-bond acceptors (Lipinski definition) is 7. The topological polar surface area (TPSA) is 244 Å². The van der Waals surface area contributed by atoms with Crippen LogP contribution >= 0.6 is 0 Å². The lowest BCUT2D eigenvalue weighted by molar-refractivity contribution is -0.143. The highest BCUT2D eigenvalue weighted by atomic mass is 16.4. The average molecular weight is 442 g/mol. The highest BCUT2D eigenvalue weighted by Gasteiger charge is 2.28. The van der Waals surface area contributed by atoms with Crippen molar-refractivity contribution in [1.82, 2.24) is 21.3 Å². The fourth-order valence-corrected chi connectivity index (χ4v) is 2.89. The highest BCUT2D eigenvalue weighted by molar-refractivity contribution is 5.93. The maximum atomic E-state index is 12.5.